The first-order valence-corrected chi connectivity index (χ1v) is 13.5. The van der Waals surface area contributed by atoms with E-state index in [1.807, 2.05) is 55.5 Å². The van der Waals surface area contributed by atoms with Crippen LogP contribution >= 0.6 is 0 Å². The molecular weight excluding hydrogens is 466 g/mol. The first kappa shape index (κ1) is 25.5. The molecule has 1 amide bonds. The summed E-state index contributed by atoms with van der Waals surface area (Å²) in [5.74, 6) is 1.41. The van der Waals surface area contributed by atoms with Crippen molar-refractivity contribution in [1.82, 2.24) is 14.9 Å². The Morgan fingerprint density at radius 2 is 1.42 bits per heavy atom. The highest BCUT2D eigenvalue weighted by Crippen LogP contribution is 2.24. The Balaban J connectivity index is 1.31. The minimum atomic E-state index is -0.224. The van der Waals surface area contributed by atoms with Crippen molar-refractivity contribution in [2.45, 2.75) is 52.1 Å². The predicted molar refractivity (Wildman–Crippen MR) is 156 cm³/mol. The van der Waals surface area contributed by atoms with E-state index in [-0.39, 0.29) is 11.9 Å². The van der Waals surface area contributed by atoms with Crippen LogP contribution in [0.5, 0.6) is 0 Å². The molecule has 0 aliphatic rings. The highest BCUT2D eigenvalue weighted by Gasteiger charge is 2.19. The molecular formula is C34H35N3O. The zero-order valence-electron chi connectivity index (χ0n) is 22.4. The van der Waals surface area contributed by atoms with Crippen molar-refractivity contribution in [2.75, 3.05) is 0 Å². The van der Waals surface area contributed by atoms with Gasteiger partial charge in [0.2, 0.25) is 5.91 Å². The van der Waals surface area contributed by atoms with E-state index in [4.69, 9.17) is 4.98 Å². The van der Waals surface area contributed by atoms with E-state index in [1.54, 1.807) is 0 Å². The van der Waals surface area contributed by atoms with Crippen molar-refractivity contribution in [2.24, 2.45) is 0 Å². The molecule has 192 valence electrons. The van der Waals surface area contributed by atoms with E-state index in [2.05, 4.69) is 78.3 Å². The Bertz CT molecular complexity index is 1500. The Morgan fingerprint density at radius 1 is 0.789 bits per heavy atom. The number of nitrogens with zero attached hydrogens (tertiary/aromatic N) is 2. The number of benzene rings is 4. The van der Waals surface area contributed by atoms with Crippen LogP contribution in [0.4, 0.5) is 0 Å². The summed E-state index contributed by atoms with van der Waals surface area (Å²) in [5, 5.41) is 3.19. The van der Waals surface area contributed by atoms with Gasteiger partial charge in [-0.3, -0.25) is 4.79 Å². The van der Waals surface area contributed by atoms with Gasteiger partial charge in [-0.25, -0.2) is 4.98 Å². The van der Waals surface area contributed by atoms with Crippen LogP contribution in [-0.4, -0.2) is 15.5 Å². The normalized spacial score (nSPS) is 12.8. The molecule has 5 aromatic rings. The first-order valence-electron chi connectivity index (χ1n) is 13.5. The van der Waals surface area contributed by atoms with Crippen LogP contribution in [0.1, 0.15) is 61.7 Å². The smallest absolute Gasteiger partial charge is 0.224 e. The zero-order chi connectivity index (χ0) is 26.5. The second kappa shape index (κ2) is 11.5. The van der Waals surface area contributed by atoms with E-state index in [1.165, 1.54) is 16.7 Å². The van der Waals surface area contributed by atoms with Gasteiger partial charge in [-0.05, 0) is 59.2 Å². The van der Waals surface area contributed by atoms with E-state index >= 15 is 0 Å². The van der Waals surface area contributed by atoms with Gasteiger partial charge in [-0.2, -0.15) is 0 Å². The van der Waals surface area contributed by atoms with Crippen molar-refractivity contribution in [3.8, 4) is 11.1 Å². The summed E-state index contributed by atoms with van der Waals surface area (Å²) in [5.41, 5.74) is 7.91. The SMILES string of the molecule is CCC(C)c1ccc(Cn2c(C(C)NC(=O)Cc3ccc(-c4ccccc4)cc3)nc3ccccc32)cc1. The largest absolute Gasteiger partial charge is 0.346 e. The number of carbonyl (C=O) groups is 1. The number of carbonyl (C=O) groups excluding carboxylic acids is 1. The molecule has 0 bridgehead atoms. The molecule has 4 nitrogen and oxygen atoms in total. The van der Waals surface area contributed by atoms with Crippen LogP contribution in [0, 0.1) is 0 Å². The van der Waals surface area contributed by atoms with Crippen LogP contribution in [0.25, 0.3) is 22.2 Å². The molecule has 0 aliphatic heterocycles. The van der Waals surface area contributed by atoms with Crippen LogP contribution in [0.3, 0.4) is 0 Å². The molecule has 0 radical (unpaired) electrons. The number of fused-ring (bicyclic) bond motifs is 1. The summed E-state index contributed by atoms with van der Waals surface area (Å²) in [4.78, 5) is 17.9. The van der Waals surface area contributed by atoms with Gasteiger partial charge < -0.3 is 9.88 Å². The molecule has 5 rings (SSSR count). The summed E-state index contributed by atoms with van der Waals surface area (Å²) in [7, 11) is 0. The average Bonchev–Trinajstić information content (AvgIpc) is 3.32. The topological polar surface area (TPSA) is 46.9 Å². The Labute approximate surface area is 225 Å². The van der Waals surface area contributed by atoms with E-state index < -0.39 is 0 Å². The quantitative estimate of drug-likeness (QED) is 0.225. The van der Waals surface area contributed by atoms with Crippen molar-refractivity contribution in [3.05, 3.63) is 126 Å². The minimum Gasteiger partial charge on any atom is -0.346 e. The van der Waals surface area contributed by atoms with Crippen molar-refractivity contribution >= 4 is 16.9 Å². The number of amides is 1. The minimum absolute atomic E-state index is 0.0125. The van der Waals surface area contributed by atoms with Gasteiger partial charge >= 0.3 is 0 Å². The van der Waals surface area contributed by atoms with Crippen LogP contribution in [0.15, 0.2) is 103 Å². The molecule has 0 fully saturated rings. The maximum atomic E-state index is 13.0. The molecule has 2 atom stereocenters. The Kier molecular flexibility index (Phi) is 7.69. The fraction of sp³-hybridized carbons (Fsp3) is 0.235. The van der Waals surface area contributed by atoms with E-state index in [0.29, 0.717) is 18.9 Å². The number of para-hydroxylation sites is 2. The van der Waals surface area contributed by atoms with Crippen LogP contribution < -0.4 is 5.32 Å². The van der Waals surface area contributed by atoms with Crippen molar-refractivity contribution in [1.29, 1.82) is 0 Å². The van der Waals surface area contributed by atoms with E-state index in [9.17, 15) is 4.79 Å². The standard InChI is InChI=1S/C34H35N3O/c1-4-24(2)28-18-16-27(17-19-28)23-37-32-13-9-8-12-31(32)36-34(37)25(3)35-33(38)22-26-14-20-30(21-15-26)29-10-6-5-7-11-29/h5-21,24-25H,4,22-23H2,1-3H3,(H,35,38). The maximum absolute atomic E-state index is 13.0. The summed E-state index contributed by atoms with van der Waals surface area (Å²) in [6, 6.07) is 35.3. The third kappa shape index (κ3) is 5.70. The number of hydrogen-bond acceptors (Lipinski definition) is 2. The molecule has 38 heavy (non-hydrogen) atoms. The summed E-state index contributed by atoms with van der Waals surface area (Å²) >= 11 is 0. The van der Waals surface area contributed by atoms with Gasteiger partial charge in [-0.1, -0.05) is 105 Å². The molecule has 1 aromatic heterocycles. The predicted octanol–water partition coefficient (Wildman–Crippen LogP) is 7.69. The molecule has 2 unspecified atom stereocenters. The number of nitrogens with one attached hydrogen (secondary N) is 1. The molecule has 0 saturated carbocycles. The molecule has 4 heteroatoms. The Morgan fingerprint density at radius 3 is 2.13 bits per heavy atom. The first-order chi connectivity index (χ1) is 18.5. The molecule has 4 aromatic carbocycles. The highest BCUT2D eigenvalue weighted by atomic mass is 16.1. The third-order valence-electron chi connectivity index (χ3n) is 7.38. The second-order valence-corrected chi connectivity index (χ2v) is 10.1. The number of aromatic nitrogens is 2. The number of hydrogen-bond donors (Lipinski definition) is 1. The number of imidazole rings is 1. The Hall–Kier alpha value is -4.18. The lowest BCUT2D eigenvalue weighted by Gasteiger charge is -2.17. The van der Waals surface area contributed by atoms with Gasteiger partial charge in [0.15, 0.2) is 0 Å². The van der Waals surface area contributed by atoms with Gasteiger partial charge in [0, 0.05) is 6.54 Å². The maximum Gasteiger partial charge on any atom is 0.224 e. The molecule has 0 saturated heterocycles. The molecule has 0 spiro atoms. The van der Waals surface area contributed by atoms with Crippen molar-refractivity contribution < 1.29 is 4.79 Å². The lowest BCUT2D eigenvalue weighted by atomic mass is 9.97. The van der Waals surface area contributed by atoms with Crippen LogP contribution in [-0.2, 0) is 17.8 Å². The van der Waals surface area contributed by atoms with Gasteiger partial charge in [-0.15, -0.1) is 0 Å². The van der Waals surface area contributed by atoms with Gasteiger partial charge in [0.25, 0.3) is 0 Å². The molecule has 1 heterocycles. The molecule has 1 N–H and O–H groups in total. The molecule has 0 aliphatic carbocycles. The third-order valence-corrected chi connectivity index (χ3v) is 7.38. The van der Waals surface area contributed by atoms with Crippen LogP contribution in [0.2, 0.25) is 0 Å². The number of rotatable bonds is 9. The highest BCUT2D eigenvalue weighted by molar-refractivity contribution is 5.80. The summed E-state index contributed by atoms with van der Waals surface area (Å²) in [6.45, 7) is 7.20. The lowest BCUT2D eigenvalue weighted by Crippen LogP contribution is -2.30. The van der Waals surface area contributed by atoms with Gasteiger partial charge in [0.1, 0.15) is 5.82 Å². The van der Waals surface area contributed by atoms with Gasteiger partial charge in [0.05, 0.1) is 23.5 Å². The zero-order valence-corrected chi connectivity index (χ0v) is 22.4. The fourth-order valence-electron chi connectivity index (χ4n) is 4.95. The summed E-state index contributed by atoms with van der Waals surface area (Å²) < 4.78 is 2.23. The van der Waals surface area contributed by atoms with Crippen molar-refractivity contribution in [3.63, 3.8) is 0 Å². The lowest BCUT2D eigenvalue weighted by molar-refractivity contribution is -0.121. The summed E-state index contributed by atoms with van der Waals surface area (Å²) in [6.07, 6.45) is 1.46. The average molecular weight is 502 g/mol. The van der Waals surface area contributed by atoms with E-state index in [0.717, 1.165) is 34.4 Å². The monoisotopic (exact) mass is 501 g/mol. The second-order valence-electron chi connectivity index (χ2n) is 10.1. The fourth-order valence-corrected chi connectivity index (χ4v) is 4.95.